The lowest BCUT2D eigenvalue weighted by atomic mass is 10.2. The second-order valence-corrected chi connectivity index (χ2v) is 5.18. The van der Waals surface area contributed by atoms with E-state index in [1.807, 2.05) is 19.1 Å². The van der Waals surface area contributed by atoms with Crippen molar-refractivity contribution < 1.29 is 18.7 Å². The molecule has 0 radical (unpaired) electrons. The van der Waals surface area contributed by atoms with Crippen LogP contribution in [-0.4, -0.2) is 31.7 Å². The van der Waals surface area contributed by atoms with Crippen LogP contribution in [0.3, 0.4) is 0 Å². The number of hydrogen-bond acceptors (Lipinski definition) is 3. The molecule has 128 valence electrons. The van der Waals surface area contributed by atoms with Crippen LogP contribution < -0.4 is 14.8 Å². The number of anilines is 1. The largest absolute Gasteiger partial charge is 0.493 e. The molecule has 0 aliphatic rings. The number of halogens is 1. The summed E-state index contributed by atoms with van der Waals surface area (Å²) < 4.78 is 24.4. The molecule has 2 aromatic rings. The average molecular weight is 332 g/mol. The second kappa shape index (κ2) is 8.19. The van der Waals surface area contributed by atoms with E-state index in [2.05, 4.69) is 5.32 Å². The quantitative estimate of drug-likeness (QED) is 0.873. The number of carbonyl (C=O) groups is 1. The van der Waals surface area contributed by atoms with Crippen LogP contribution in [0, 0.1) is 5.82 Å². The van der Waals surface area contributed by atoms with Gasteiger partial charge in [-0.2, -0.15) is 0 Å². The fourth-order valence-corrected chi connectivity index (χ4v) is 2.20. The minimum atomic E-state index is -0.470. The Labute approximate surface area is 141 Å². The molecule has 0 aromatic heterocycles. The Morgan fingerprint density at radius 1 is 1.21 bits per heavy atom. The summed E-state index contributed by atoms with van der Waals surface area (Å²) in [6, 6.07) is 11.1. The van der Waals surface area contributed by atoms with Crippen molar-refractivity contribution in [2.75, 3.05) is 26.1 Å². The van der Waals surface area contributed by atoms with E-state index < -0.39 is 11.8 Å². The molecule has 2 aromatic carbocycles. The molecule has 0 unspecified atom stereocenters. The number of hydrogen-bond donors (Lipinski definition) is 1. The highest BCUT2D eigenvalue weighted by molar-refractivity contribution is 5.89. The normalized spacial score (nSPS) is 10.2. The van der Waals surface area contributed by atoms with E-state index in [9.17, 15) is 9.18 Å². The summed E-state index contributed by atoms with van der Waals surface area (Å²) in [5.41, 5.74) is 1.03. The maximum absolute atomic E-state index is 13.6. The van der Waals surface area contributed by atoms with Gasteiger partial charge in [0, 0.05) is 13.6 Å². The number of urea groups is 1. The number of methoxy groups -OCH3 is 1. The maximum atomic E-state index is 13.6. The van der Waals surface area contributed by atoms with E-state index in [1.165, 1.54) is 17.0 Å². The molecular formula is C18H21FN2O3. The van der Waals surface area contributed by atoms with E-state index in [4.69, 9.17) is 9.47 Å². The van der Waals surface area contributed by atoms with Gasteiger partial charge in [0.15, 0.2) is 11.5 Å². The third kappa shape index (κ3) is 4.38. The summed E-state index contributed by atoms with van der Waals surface area (Å²) >= 11 is 0. The van der Waals surface area contributed by atoms with Gasteiger partial charge in [-0.3, -0.25) is 0 Å². The van der Waals surface area contributed by atoms with E-state index in [0.717, 1.165) is 5.56 Å². The van der Waals surface area contributed by atoms with E-state index in [-0.39, 0.29) is 5.69 Å². The minimum absolute atomic E-state index is 0.152. The summed E-state index contributed by atoms with van der Waals surface area (Å²) in [7, 11) is 3.20. The summed E-state index contributed by atoms with van der Waals surface area (Å²) in [4.78, 5) is 13.6. The molecule has 24 heavy (non-hydrogen) atoms. The molecule has 1 N–H and O–H groups in total. The number of rotatable bonds is 6. The van der Waals surface area contributed by atoms with Gasteiger partial charge in [-0.05, 0) is 36.8 Å². The Morgan fingerprint density at radius 2 is 1.96 bits per heavy atom. The molecule has 5 nitrogen and oxygen atoms in total. The van der Waals surface area contributed by atoms with Crippen molar-refractivity contribution in [2.45, 2.75) is 13.5 Å². The SMILES string of the molecule is CCOc1ccc(CN(C)C(=O)Nc2ccccc2F)cc1OC. The molecule has 0 fully saturated rings. The predicted octanol–water partition coefficient (Wildman–Crippen LogP) is 3.90. The molecule has 0 atom stereocenters. The fourth-order valence-electron chi connectivity index (χ4n) is 2.20. The molecule has 0 aliphatic heterocycles. The van der Waals surface area contributed by atoms with Gasteiger partial charge in [-0.1, -0.05) is 18.2 Å². The van der Waals surface area contributed by atoms with Crippen LogP contribution in [0.4, 0.5) is 14.9 Å². The summed E-state index contributed by atoms with van der Waals surface area (Å²) in [6.45, 7) is 2.79. The van der Waals surface area contributed by atoms with E-state index in [1.54, 1.807) is 32.4 Å². The number of nitrogens with one attached hydrogen (secondary N) is 1. The van der Waals surface area contributed by atoms with Gasteiger partial charge >= 0.3 is 6.03 Å². The van der Waals surface area contributed by atoms with Gasteiger partial charge in [-0.15, -0.1) is 0 Å². The maximum Gasteiger partial charge on any atom is 0.321 e. The molecule has 0 aliphatic carbocycles. The summed E-state index contributed by atoms with van der Waals surface area (Å²) in [6.07, 6.45) is 0. The van der Waals surface area contributed by atoms with Crippen molar-refractivity contribution in [1.29, 1.82) is 0 Å². The standard InChI is InChI=1S/C18H21FN2O3/c1-4-24-16-10-9-13(11-17(16)23-3)12-21(2)18(22)20-15-8-6-5-7-14(15)19/h5-11H,4,12H2,1-3H3,(H,20,22). The van der Waals surface area contributed by atoms with Gasteiger partial charge in [-0.25, -0.2) is 9.18 Å². The third-order valence-electron chi connectivity index (χ3n) is 3.41. The Hall–Kier alpha value is -2.76. The first-order valence-corrected chi connectivity index (χ1v) is 7.61. The number of ether oxygens (including phenoxy) is 2. The smallest absolute Gasteiger partial charge is 0.321 e. The Kier molecular flexibility index (Phi) is 6.01. The van der Waals surface area contributed by atoms with Gasteiger partial charge in [0.25, 0.3) is 0 Å². The zero-order valence-corrected chi connectivity index (χ0v) is 14.0. The lowest BCUT2D eigenvalue weighted by Gasteiger charge is -2.19. The molecule has 0 bridgehead atoms. The topological polar surface area (TPSA) is 50.8 Å². The zero-order valence-electron chi connectivity index (χ0n) is 14.0. The van der Waals surface area contributed by atoms with Crippen molar-refractivity contribution in [3.05, 3.63) is 53.8 Å². The van der Waals surface area contributed by atoms with Gasteiger partial charge < -0.3 is 19.7 Å². The number of amides is 2. The monoisotopic (exact) mass is 332 g/mol. The number of para-hydroxylation sites is 1. The highest BCUT2D eigenvalue weighted by atomic mass is 19.1. The first-order valence-electron chi connectivity index (χ1n) is 7.61. The Bertz CT molecular complexity index is 706. The van der Waals surface area contributed by atoms with Crippen molar-refractivity contribution in [3.8, 4) is 11.5 Å². The Balaban J connectivity index is 2.04. The fraction of sp³-hybridized carbons (Fsp3) is 0.278. The van der Waals surface area contributed by atoms with Gasteiger partial charge in [0.05, 0.1) is 19.4 Å². The van der Waals surface area contributed by atoms with Crippen molar-refractivity contribution in [1.82, 2.24) is 4.90 Å². The summed E-state index contributed by atoms with van der Waals surface area (Å²) in [5.74, 6) is 0.793. The highest BCUT2D eigenvalue weighted by Gasteiger charge is 2.13. The van der Waals surface area contributed by atoms with Crippen LogP contribution in [0.5, 0.6) is 11.5 Å². The van der Waals surface area contributed by atoms with Crippen LogP contribution in [0.25, 0.3) is 0 Å². The average Bonchev–Trinajstić information content (AvgIpc) is 2.58. The lowest BCUT2D eigenvalue weighted by Crippen LogP contribution is -2.31. The van der Waals surface area contributed by atoms with Gasteiger partial charge in [0.2, 0.25) is 0 Å². The second-order valence-electron chi connectivity index (χ2n) is 5.18. The predicted molar refractivity (Wildman–Crippen MR) is 91.0 cm³/mol. The Morgan fingerprint density at radius 3 is 2.62 bits per heavy atom. The van der Waals surface area contributed by atoms with Crippen LogP contribution in [0.2, 0.25) is 0 Å². The molecule has 0 spiro atoms. The third-order valence-corrected chi connectivity index (χ3v) is 3.41. The van der Waals surface area contributed by atoms with Crippen molar-refractivity contribution in [3.63, 3.8) is 0 Å². The van der Waals surface area contributed by atoms with Crippen molar-refractivity contribution in [2.24, 2.45) is 0 Å². The first-order chi connectivity index (χ1) is 11.5. The number of nitrogens with zero attached hydrogens (tertiary/aromatic N) is 1. The number of benzene rings is 2. The highest BCUT2D eigenvalue weighted by Crippen LogP contribution is 2.28. The van der Waals surface area contributed by atoms with Crippen molar-refractivity contribution >= 4 is 11.7 Å². The van der Waals surface area contributed by atoms with E-state index in [0.29, 0.717) is 24.7 Å². The van der Waals surface area contributed by atoms with E-state index >= 15 is 0 Å². The molecular weight excluding hydrogens is 311 g/mol. The molecule has 0 heterocycles. The first kappa shape index (κ1) is 17.6. The van der Waals surface area contributed by atoms with Crippen LogP contribution >= 0.6 is 0 Å². The number of carbonyl (C=O) groups excluding carboxylic acids is 1. The molecule has 0 saturated carbocycles. The summed E-state index contributed by atoms with van der Waals surface area (Å²) in [5, 5.41) is 2.55. The zero-order chi connectivity index (χ0) is 17.5. The van der Waals surface area contributed by atoms with Crippen LogP contribution in [-0.2, 0) is 6.54 Å². The molecule has 6 heteroatoms. The lowest BCUT2D eigenvalue weighted by molar-refractivity contribution is 0.220. The molecule has 2 amide bonds. The minimum Gasteiger partial charge on any atom is -0.493 e. The van der Waals surface area contributed by atoms with Crippen LogP contribution in [0.1, 0.15) is 12.5 Å². The molecule has 2 rings (SSSR count). The van der Waals surface area contributed by atoms with Gasteiger partial charge in [0.1, 0.15) is 5.82 Å². The molecule has 0 saturated heterocycles. The van der Waals surface area contributed by atoms with Crippen LogP contribution in [0.15, 0.2) is 42.5 Å².